The van der Waals surface area contributed by atoms with Crippen molar-refractivity contribution < 1.29 is 30.6 Å². The van der Waals surface area contributed by atoms with E-state index in [2.05, 4.69) is 15.0 Å². The van der Waals surface area contributed by atoms with Gasteiger partial charge in [-0.15, -0.1) is 0 Å². The third-order valence-electron chi connectivity index (χ3n) is 4.61. The molecule has 0 unspecified atom stereocenters. The van der Waals surface area contributed by atoms with Gasteiger partial charge in [-0.1, -0.05) is 13.8 Å². The van der Waals surface area contributed by atoms with Crippen LogP contribution in [0, 0.1) is 5.92 Å². The Bertz CT molecular complexity index is 1160. The van der Waals surface area contributed by atoms with Gasteiger partial charge in [0.1, 0.15) is 0 Å². The van der Waals surface area contributed by atoms with E-state index in [9.17, 15) is 31.2 Å². The molecule has 11 nitrogen and oxygen atoms in total. The summed E-state index contributed by atoms with van der Waals surface area (Å²) in [4.78, 5) is 38.7. The van der Waals surface area contributed by atoms with E-state index < -0.39 is 33.6 Å². The Hall–Kier alpha value is -3.07. The topological polar surface area (TPSA) is 128 Å². The minimum atomic E-state index is -4.54. The molecule has 0 aliphatic carbocycles. The molecule has 15 heteroatoms. The summed E-state index contributed by atoms with van der Waals surface area (Å²) in [7, 11) is -4.47. The number of alkyl halides is 3. The fourth-order valence-electron chi connectivity index (χ4n) is 2.87. The summed E-state index contributed by atoms with van der Waals surface area (Å²) in [6, 6.07) is 0. The van der Waals surface area contributed by atoms with Crippen LogP contribution >= 0.6 is 0 Å². The second-order valence-corrected chi connectivity index (χ2v) is 9.09. The average Bonchev–Trinajstić information content (AvgIpc) is 2.77. The average molecular weight is 490 g/mol. The van der Waals surface area contributed by atoms with Crippen LogP contribution < -0.4 is 10.6 Å². The van der Waals surface area contributed by atoms with Crippen LogP contribution in [0.25, 0.3) is 0 Å². The third kappa shape index (κ3) is 5.84. The van der Waals surface area contributed by atoms with Crippen molar-refractivity contribution in [3.05, 3.63) is 46.4 Å². The molecular weight excluding hydrogens is 469 g/mol. The Labute approximate surface area is 187 Å². The number of amides is 1. The van der Waals surface area contributed by atoms with Gasteiger partial charge in [0.15, 0.2) is 0 Å². The third-order valence-corrected chi connectivity index (χ3v) is 5.79. The van der Waals surface area contributed by atoms with E-state index in [1.54, 1.807) is 18.7 Å². The first-order valence-electron chi connectivity index (χ1n) is 9.80. The zero-order valence-electron chi connectivity index (χ0n) is 17.7. The van der Waals surface area contributed by atoms with Crippen LogP contribution in [0.15, 0.2) is 29.6 Å². The summed E-state index contributed by atoms with van der Waals surface area (Å²) in [5, 5.41) is 0. The van der Waals surface area contributed by atoms with Crippen LogP contribution in [0.5, 0.6) is 0 Å². The number of hydrogen-bond acceptors (Lipinski definition) is 9. The summed E-state index contributed by atoms with van der Waals surface area (Å²) in [6.45, 7) is 4.11. The van der Waals surface area contributed by atoms with E-state index in [-0.39, 0.29) is 54.2 Å². The first-order valence-corrected chi connectivity index (χ1v) is 11.2. The van der Waals surface area contributed by atoms with Crippen molar-refractivity contribution in [2.75, 3.05) is 37.7 Å². The molecule has 2 aromatic heterocycles. The molecule has 0 bridgehead atoms. The Morgan fingerprint density at radius 1 is 1.09 bits per heavy atom. The van der Waals surface area contributed by atoms with E-state index in [0.29, 0.717) is 12.4 Å². The molecule has 3 rings (SSSR count). The Morgan fingerprint density at radius 3 is 2.24 bits per heavy atom. The highest BCUT2D eigenvalue weighted by Gasteiger charge is 2.32. The highest BCUT2D eigenvalue weighted by molar-refractivity contribution is 7.85. The predicted octanol–water partition coefficient (Wildman–Crippen LogP) is 0.780. The van der Waals surface area contributed by atoms with Gasteiger partial charge in [0.25, 0.3) is 5.91 Å². The summed E-state index contributed by atoms with van der Waals surface area (Å²) < 4.78 is 67.6. The molecule has 0 N–H and O–H groups in total. The van der Waals surface area contributed by atoms with Crippen LogP contribution in [0.4, 0.5) is 19.1 Å². The van der Waals surface area contributed by atoms with Crippen LogP contribution in [-0.4, -0.2) is 70.9 Å². The zero-order chi connectivity index (χ0) is 24.4. The van der Waals surface area contributed by atoms with E-state index in [4.69, 9.17) is 4.18 Å². The number of carbonyl (C=O) groups excluding carboxylic acids is 1. The molecule has 3 heterocycles. The summed E-state index contributed by atoms with van der Waals surface area (Å²) >= 11 is 0. The standard InChI is InChI=1S/C18H21F3N6O5S/c1-12(2)11-32-33(30,31)27-10-13(7-24-17(27)29)15(28)25-3-5-26(6-4-25)16-22-8-14(9-23-16)18(19,20)21/h7-10,12H,3-6,11H2,1-2H3. The number of nitrogens with zero attached hydrogens (tertiary/aromatic N) is 6. The fourth-order valence-corrected chi connectivity index (χ4v) is 3.91. The predicted molar refractivity (Wildman–Crippen MR) is 109 cm³/mol. The minimum absolute atomic E-state index is 0.0960. The summed E-state index contributed by atoms with van der Waals surface area (Å²) in [6.07, 6.45) is -1.32. The Balaban J connectivity index is 1.69. The number of halogens is 3. The summed E-state index contributed by atoms with van der Waals surface area (Å²) in [5.74, 6) is -0.583. The fraction of sp³-hybridized carbons (Fsp3) is 0.500. The maximum Gasteiger partial charge on any atom is 0.419 e. The highest BCUT2D eigenvalue weighted by Crippen LogP contribution is 2.28. The van der Waals surface area contributed by atoms with Crippen molar-refractivity contribution in [3.8, 4) is 0 Å². The number of carbonyl (C=O) groups is 1. The van der Waals surface area contributed by atoms with Crippen LogP contribution in [0.1, 0.15) is 29.8 Å². The molecule has 2 aromatic rings. The molecule has 180 valence electrons. The van der Waals surface area contributed by atoms with Gasteiger partial charge in [-0.3, -0.25) is 8.98 Å². The lowest BCUT2D eigenvalue weighted by molar-refractivity contribution is -0.138. The highest BCUT2D eigenvalue weighted by atomic mass is 32.2. The summed E-state index contributed by atoms with van der Waals surface area (Å²) in [5.41, 5.74) is -2.21. The van der Waals surface area contributed by atoms with Crippen LogP contribution in [-0.2, 0) is 20.7 Å². The van der Waals surface area contributed by atoms with Crippen LogP contribution in [0.2, 0.25) is 0 Å². The monoisotopic (exact) mass is 490 g/mol. The minimum Gasteiger partial charge on any atom is -0.337 e. The molecule has 1 aliphatic rings. The number of rotatable bonds is 6. The molecule has 0 aromatic carbocycles. The van der Waals surface area contributed by atoms with Crippen molar-refractivity contribution in [1.82, 2.24) is 23.8 Å². The van der Waals surface area contributed by atoms with E-state index >= 15 is 0 Å². The van der Waals surface area contributed by atoms with Gasteiger partial charge < -0.3 is 9.80 Å². The van der Waals surface area contributed by atoms with Crippen molar-refractivity contribution in [2.45, 2.75) is 20.0 Å². The van der Waals surface area contributed by atoms with Gasteiger partial charge in [-0.2, -0.15) is 30.5 Å². The first kappa shape index (κ1) is 24.6. The van der Waals surface area contributed by atoms with Gasteiger partial charge in [0, 0.05) is 51.0 Å². The zero-order valence-corrected chi connectivity index (χ0v) is 18.5. The molecule has 0 radical (unpaired) electrons. The maximum atomic E-state index is 12.8. The van der Waals surface area contributed by atoms with Gasteiger partial charge in [-0.25, -0.2) is 14.8 Å². The number of hydrogen-bond donors (Lipinski definition) is 0. The van der Waals surface area contributed by atoms with E-state index in [1.807, 2.05) is 0 Å². The largest absolute Gasteiger partial charge is 0.419 e. The van der Waals surface area contributed by atoms with Crippen LogP contribution in [0.3, 0.4) is 0 Å². The van der Waals surface area contributed by atoms with Gasteiger partial charge in [0.05, 0.1) is 17.7 Å². The Kier molecular flexibility index (Phi) is 7.02. The van der Waals surface area contributed by atoms with Gasteiger partial charge in [-0.05, 0) is 5.92 Å². The van der Waals surface area contributed by atoms with Gasteiger partial charge >= 0.3 is 22.2 Å². The lowest BCUT2D eigenvalue weighted by atomic mass is 10.2. The molecule has 0 saturated carbocycles. The van der Waals surface area contributed by atoms with Crippen molar-refractivity contribution in [1.29, 1.82) is 0 Å². The number of aromatic nitrogens is 4. The molecule has 0 spiro atoms. The van der Waals surface area contributed by atoms with Crippen molar-refractivity contribution >= 4 is 22.2 Å². The van der Waals surface area contributed by atoms with Gasteiger partial charge in [0.2, 0.25) is 5.95 Å². The molecule has 1 aliphatic heterocycles. The lowest BCUT2D eigenvalue weighted by Crippen LogP contribution is -2.49. The maximum absolute atomic E-state index is 12.8. The normalized spacial score (nSPS) is 15.2. The lowest BCUT2D eigenvalue weighted by Gasteiger charge is -2.34. The molecule has 1 amide bonds. The first-order chi connectivity index (χ1) is 15.4. The number of piperazine rings is 1. The second kappa shape index (κ2) is 9.43. The molecule has 1 saturated heterocycles. The second-order valence-electron chi connectivity index (χ2n) is 7.61. The SMILES string of the molecule is CC(C)COS(=O)(=O)n1cc(C(=O)N2CCN(c3ncc(C(F)(F)F)cn3)CC2)cnc1=O. The molecule has 33 heavy (non-hydrogen) atoms. The van der Waals surface area contributed by atoms with Crippen molar-refractivity contribution in [3.63, 3.8) is 0 Å². The van der Waals surface area contributed by atoms with Crippen molar-refractivity contribution in [2.24, 2.45) is 5.92 Å². The molecular formula is C18H21F3N6O5S. The van der Waals surface area contributed by atoms with E-state index in [0.717, 1.165) is 12.4 Å². The number of anilines is 1. The molecule has 1 fully saturated rings. The molecule has 0 atom stereocenters. The smallest absolute Gasteiger partial charge is 0.337 e. The quantitative estimate of drug-likeness (QED) is 0.577. The van der Waals surface area contributed by atoms with E-state index in [1.165, 1.54) is 4.90 Å². The Morgan fingerprint density at radius 2 is 1.70 bits per heavy atom.